The smallest absolute Gasteiger partial charge is 0.289 e. The van der Waals surface area contributed by atoms with Crippen LogP contribution in [0, 0.1) is 0 Å². The van der Waals surface area contributed by atoms with E-state index in [1.54, 1.807) is 0 Å². The summed E-state index contributed by atoms with van der Waals surface area (Å²) >= 11 is 1.12. The number of nitrogens with one attached hydrogen (secondary N) is 1. The molecule has 2 fully saturated rings. The molecule has 0 aromatic rings. The lowest BCUT2D eigenvalue weighted by atomic mass is 9.79. The Morgan fingerprint density at radius 3 is 2.12 bits per heavy atom. The van der Waals surface area contributed by atoms with Crippen LogP contribution in [-0.4, -0.2) is 38.9 Å². The predicted octanol–water partition coefficient (Wildman–Crippen LogP) is 1.99. The number of imide groups is 1. The first kappa shape index (κ1) is 12.9. The van der Waals surface area contributed by atoms with E-state index < -0.39 is 0 Å². The number of piperidine rings is 1. The Kier molecular flexibility index (Phi) is 3.02. The fraction of sp³-hybridized carbons (Fsp3) is 0.833. The van der Waals surface area contributed by atoms with E-state index in [0.717, 1.165) is 24.6 Å². The van der Waals surface area contributed by atoms with Crippen molar-refractivity contribution in [1.29, 1.82) is 0 Å². The fourth-order valence-electron chi connectivity index (χ4n) is 3.17. The molecule has 0 saturated carbocycles. The van der Waals surface area contributed by atoms with E-state index in [4.69, 9.17) is 0 Å². The third-order valence-electron chi connectivity index (χ3n) is 3.32. The minimum atomic E-state index is -0.0755. The van der Waals surface area contributed by atoms with E-state index in [9.17, 15) is 9.59 Å². The van der Waals surface area contributed by atoms with Crippen molar-refractivity contribution in [2.24, 2.45) is 0 Å². The van der Waals surface area contributed by atoms with Gasteiger partial charge in [-0.3, -0.25) is 14.5 Å². The average Bonchev–Trinajstić information content (AvgIpc) is 2.40. The van der Waals surface area contributed by atoms with Crippen LogP contribution < -0.4 is 5.32 Å². The number of nitrogens with zero attached hydrogens (tertiary/aromatic N) is 1. The molecule has 0 radical (unpaired) electrons. The zero-order valence-electron chi connectivity index (χ0n) is 10.9. The van der Waals surface area contributed by atoms with Crippen LogP contribution in [0.2, 0.25) is 0 Å². The van der Waals surface area contributed by atoms with Gasteiger partial charge in [0.1, 0.15) is 0 Å². The molecule has 96 valence electrons. The number of carbonyl (C=O) groups excluding carboxylic acids is 2. The molecule has 0 unspecified atom stereocenters. The number of rotatable bonds is 1. The Bertz CT molecular complexity index is 334. The molecule has 0 aromatic carbocycles. The van der Waals surface area contributed by atoms with Gasteiger partial charge in [-0.15, -0.1) is 0 Å². The van der Waals surface area contributed by atoms with Crippen LogP contribution in [0.4, 0.5) is 4.79 Å². The quantitative estimate of drug-likeness (QED) is 0.779. The van der Waals surface area contributed by atoms with Gasteiger partial charge in [0, 0.05) is 17.1 Å². The van der Waals surface area contributed by atoms with Gasteiger partial charge in [0.2, 0.25) is 5.91 Å². The summed E-state index contributed by atoms with van der Waals surface area (Å²) in [5.41, 5.74) is -0.0829. The molecule has 0 atom stereocenters. The van der Waals surface area contributed by atoms with Crippen molar-refractivity contribution in [3.8, 4) is 0 Å². The number of thioether (sulfide) groups is 1. The Labute approximate surface area is 106 Å². The zero-order valence-corrected chi connectivity index (χ0v) is 11.7. The highest BCUT2D eigenvalue weighted by atomic mass is 32.2. The molecule has 4 nitrogen and oxygen atoms in total. The van der Waals surface area contributed by atoms with E-state index in [1.807, 2.05) is 0 Å². The first-order valence-electron chi connectivity index (χ1n) is 5.98. The molecule has 2 aliphatic heterocycles. The summed E-state index contributed by atoms with van der Waals surface area (Å²) in [5, 5.41) is 3.48. The molecule has 0 bridgehead atoms. The van der Waals surface area contributed by atoms with Crippen LogP contribution in [-0.2, 0) is 4.79 Å². The maximum absolute atomic E-state index is 11.8. The molecule has 2 rings (SSSR count). The minimum absolute atomic E-state index is 0.0292. The Balaban J connectivity index is 2.21. The van der Waals surface area contributed by atoms with Crippen molar-refractivity contribution in [1.82, 2.24) is 10.2 Å². The number of hydrogen-bond acceptors (Lipinski definition) is 4. The number of amides is 2. The molecule has 2 aliphatic rings. The molecule has 0 spiro atoms. The second-order valence-corrected chi connectivity index (χ2v) is 7.20. The zero-order chi connectivity index (χ0) is 12.8. The van der Waals surface area contributed by atoms with Gasteiger partial charge in [-0.2, -0.15) is 0 Å². The van der Waals surface area contributed by atoms with Gasteiger partial charge in [-0.05, 0) is 40.5 Å². The topological polar surface area (TPSA) is 49.4 Å². The van der Waals surface area contributed by atoms with Gasteiger partial charge < -0.3 is 5.32 Å². The normalized spacial score (nSPS) is 28.8. The first-order chi connectivity index (χ1) is 7.70. The molecule has 5 heteroatoms. The van der Waals surface area contributed by atoms with Crippen LogP contribution in [0.15, 0.2) is 0 Å². The fourth-order valence-corrected chi connectivity index (χ4v) is 3.94. The minimum Gasteiger partial charge on any atom is -0.307 e. The molecule has 0 aromatic heterocycles. The molecule has 2 amide bonds. The second kappa shape index (κ2) is 3.99. The highest BCUT2D eigenvalue weighted by molar-refractivity contribution is 8.14. The van der Waals surface area contributed by atoms with Gasteiger partial charge in [-0.25, -0.2) is 0 Å². The van der Waals surface area contributed by atoms with Gasteiger partial charge in [0.05, 0.1) is 5.75 Å². The van der Waals surface area contributed by atoms with Gasteiger partial charge in [0.25, 0.3) is 5.24 Å². The summed E-state index contributed by atoms with van der Waals surface area (Å²) in [5.74, 6) is 0.280. The highest BCUT2D eigenvalue weighted by Crippen LogP contribution is 2.34. The van der Waals surface area contributed by atoms with Crippen molar-refractivity contribution in [3.63, 3.8) is 0 Å². The Hall–Kier alpha value is -0.550. The molecule has 1 N–H and O–H groups in total. The summed E-state index contributed by atoms with van der Waals surface area (Å²) in [6.45, 7) is 8.50. The van der Waals surface area contributed by atoms with E-state index in [2.05, 4.69) is 33.0 Å². The number of hydrogen-bond donors (Lipinski definition) is 1. The highest BCUT2D eigenvalue weighted by Gasteiger charge is 2.45. The lowest BCUT2D eigenvalue weighted by molar-refractivity contribution is -0.127. The van der Waals surface area contributed by atoms with Crippen molar-refractivity contribution < 1.29 is 9.59 Å². The summed E-state index contributed by atoms with van der Waals surface area (Å²) in [4.78, 5) is 25.0. The van der Waals surface area contributed by atoms with Gasteiger partial charge >= 0.3 is 0 Å². The summed E-state index contributed by atoms with van der Waals surface area (Å²) < 4.78 is 0. The summed E-state index contributed by atoms with van der Waals surface area (Å²) in [6.07, 6.45) is 1.66. The van der Waals surface area contributed by atoms with Crippen molar-refractivity contribution in [2.75, 3.05) is 5.75 Å². The largest absolute Gasteiger partial charge is 0.307 e. The van der Waals surface area contributed by atoms with Gasteiger partial charge in [-0.1, -0.05) is 11.8 Å². The maximum atomic E-state index is 11.8. The van der Waals surface area contributed by atoms with Crippen LogP contribution in [0.1, 0.15) is 40.5 Å². The van der Waals surface area contributed by atoms with Crippen molar-refractivity contribution >= 4 is 22.9 Å². The Morgan fingerprint density at radius 1 is 1.18 bits per heavy atom. The van der Waals surface area contributed by atoms with Crippen LogP contribution in [0.25, 0.3) is 0 Å². The van der Waals surface area contributed by atoms with Crippen LogP contribution in [0.5, 0.6) is 0 Å². The van der Waals surface area contributed by atoms with E-state index >= 15 is 0 Å². The van der Waals surface area contributed by atoms with Crippen molar-refractivity contribution in [2.45, 2.75) is 57.7 Å². The third kappa shape index (κ3) is 2.65. The molecule has 2 saturated heterocycles. The Morgan fingerprint density at radius 2 is 1.71 bits per heavy atom. The molecule has 2 heterocycles. The van der Waals surface area contributed by atoms with E-state index in [-0.39, 0.29) is 28.3 Å². The van der Waals surface area contributed by atoms with E-state index in [0.29, 0.717) is 5.75 Å². The first-order valence-corrected chi connectivity index (χ1v) is 6.97. The second-order valence-electron chi connectivity index (χ2n) is 6.27. The lowest BCUT2D eigenvalue weighted by Gasteiger charge is -2.48. The van der Waals surface area contributed by atoms with Gasteiger partial charge in [0.15, 0.2) is 0 Å². The van der Waals surface area contributed by atoms with Crippen molar-refractivity contribution in [3.05, 3.63) is 0 Å². The molecule has 17 heavy (non-hydrogen) atoms. The summed E-state index contributed by atoms with van der Waals surface area (Å²) in [6, 6.07) is 0.0382. The number of carbonyl (C=O) groups is 2. The average molecular weight is 256 g/mol. The predicted molar refractivity (Wildman–Crippen MR) is 69.0 cm³/mol. The van der Waals surface area contributed by atoms with Crippen LogP contribution >= 0.6 is 11.8 Å². The lowest BCUT2D eigenvalue weighted by Crippen LogP contribution is -2.62. The monoisotopic (exact) mass is 256 g/mol. The summed E-state index contributed by atoms with van der Waals surface area (Å²) in [7, 11) is 0. The standard InChI is InChI=1S/C12H20N2O2S/c1-11(2)5-8(6-12(3,4)13-11)14-9(15)7-17-10(14)16/h8,13H,5-7H2,1-4H3. The van der Waals surface area contributed by atoms with E-state index in [1.165, 1.54) is 4.90 Å². The van der Waals surface area contributed by atoms with Crippen LogP contribution in [0.3, 0.4) is 0 Å². The molecular weight excluding hydrogens is 236 g/mol. The third-order valence-corrected chi connectivity index (χ3v) is 4.15. The SMILES string of the molecule is CC1(C)CC(N2C(=O)CSC2=O)CC(C)(C)N1. The molecule has 0 aliphatic carbocycles. The maximum Gasteiger partial charge on any atom is 0.289 e. The molecular formula is C12H20N2O2S.